The van der Waals surface area contributed by atoms with Crippen LogP contribution in [0, 0.1) is 22.7 Å². The van der Waals surface area contributed by atoms with Gasteiger partial charge in [0.25, 0.3) is 0 Å². The summed E-state index contributed by atoms with van der Waals surface area (Å²) in [5.74, 6) is -2.81. The van der Waals surface area contributed by atoms with Gasteiger partial charge in [-0.1, -0.05) is 32.9 Å². The van der Waals surface area contributed by atoms with Crippen molar-refractivity contribution >= 4 is 17.6 Å². The second-order valence-electron chi connectivity index (χ2n) is 5.66. The predicted octanol–water partition coefficient (Wildman–Crippen LogP) is 2.44. The lowest BCUT2D eigenvalue weighted by atomic mass is 9.80. The third-order valence-corrected chi connectivity index (χ3v) is 2.88. The van der Waals surface area contributed by atoms with Crippen molar-refractivity contribution in [2.75, 3.05) is 5.32 Å². The van der Waals surface area contributed by atoms with Crippen molar-refractivity contribution in [3.63, 3.8) is 0 Å². The summed E-state index contributed by atoms with van der Waals surface area (Å²) in [5, 5.41) is 20.3. The maximum atomic E-state index is 12.1. The van der Waals surface area contributed by atoms with Crippen LogP contribution in [-0.2, 0) is 16.0 Å². The van der Waals surface area contributed by atoms with Crippen molar-refractivity contribution in [3.05, 3.63) is 29.8 Å². The summed E-state index contributed by atoms with van der Waals surface area (Å²) in [6.07, 6.45) is 0.300. The smallest absolute Gasteiger partial charge is 0.316 e. The van der Waals surface area contributed by atoms with E-state index in [4.69, 9.17) is 5.26 Å². The first-order valence-electron chi connectivity index (χ1n) is 6.25. The SMILES string of the molecule is CC(C)(C)C(C(=O)O)C(=O)Nc1ccc(CC#N)cc1. The number of amides is 1. The molecule has 1 aromatic rings. The van der Waals surface area contributed by atoms with E-state index in [0.29, 0.717) is 12.1 Å². The van der Waals surface area contributed by atoms with Gasteiger partial charge >= 0.3 is 5.97 Å². The van der Waals surface area contributed by atoms with Gasteiger partial charge in [0.05, 0.1) is 12.5 Å². The molecule has 1 unspecified atom stereocenters. The number of aliphatic carboxylic acids is 1. The quantitative estimate of drug-likeness (QED) is 0.825. The Kier molecular flexibility index (Phi) is 4.87. The molecule has 106 valence electrons. The molecular weight excluding hydrogens is 256 g/mol. The van der Waals surface area contributed by atoms with Crippen molar-refractivity contribution in [1.82, 2.24) is 0 Å². The highest BCUT2D eigenvalue weighted by Gasteiger charge is 2.37. The fourth-order valence-electron chi connectivity index (χ4n) is 1.89. The molecule has 5 heteroatoms. The standard InChI is InChI=1S/C15H18N2O3/c1-15(2,3)12(14(19)20)13(18)17-11-6-4-10(5-7-11)8-9-16/h4-7,12H,8H2,1-3H3,(H,17,18)(H,19,20). The molecule has 0 saturated carbocycles. The van der Waals surface area contributed by atoms with Gasteiger partial charge in [-0.3, -0.25) is 9.59 Å². The number of nitrogens with zero attached hydrogens (tertiary/aromatic N) is 1. The average molecular weight is 274 g/mol. The number of anilines is 1. The fourth-order valence-corrected chi connectivity index (χ4v) is 1.89. The molecule has 0 saturated heterocycles. The van der Waals surface area contributed by atoms with Gasteiger partial charge in [-0.05, 0) is 23.1 Å². The number of rotatable bonds is 4. The van der Waals surface area contributed by atoms with E-state index < -0.39 is 23.2 Å². The van der Waals surface area contributed by atoms with E-state index in [0.717, 1.165) is 5.56 Å². The van der Waals surface area contributed by atoms with Crippen molar-refractivity contribution in [2.45, 2.75) is 27.2 Å². The van der Waals surface area contributed by atoms with Gasteiger partial charge in [0, 0.05) is 5.69 Å². The van der Waals surface area contributed by atoms with Gasteiger partial charge in [0.2, 0.25) is 5.91 Å². The normalized spacial score (nSPS) is 12.3. The molecule has 0 aliphatic heterocycles. The van der Waals surface area contributed by atoms with Crippen LogP contribution in [0.1, 0.15) is 26.3 Å². The topological polar surface area (TPSA) is 90.2 Å². The zero-order valence-electron chi connectivity index (χ0n) is 11.8. The van der Waals surface area contributed by atoms with Crippen molar-refractivity contribution in [2.24, 2.45) is 11.3 Å². The van der Waals surface area contributed by atoms with Gasteiger partial charge < -0.3 is 10.4 Å². The Morgan fingerprint density at radius 1 is 1.30 bits per heavy atom. The summed E-state index contributed by atoms with van der Waals surface area (Å²) in [6.45, 7) is 5.13. The molecule has 0 fully saturated rings. The lowest BCUT2D eigenvalue weighted by Gasteiger charge is -2.25. The Labute approximate surface area is 118 Å². The monoisotopic (exact) mass is 274 g/mol. The Morgan fingerprint density at radius 2 is 1.85 bits per heavy atom. The van der Waals surface area contributed by atoms with Crippen LogP contribution in [0.25, 0.3) is 0 Å². The predicted molar refractivity (Wildman–Crippen MR) is 75.0 cm³/mol. The molecule has 1 aromatic carbocycles. The van der Waals surface area contributed by atoms with Crippen molar-refractivity contribution in [1.29, 1.82) is 5.26 Å². The molecule has 0 heterocycles. The van der Waals surface area contributed by atoms with Crippen LogP contribution in [0.4, 0.5) is 5.69 Å². The highest BCUT2D eigenvalue weighted by atomic mass is 16.4. The second kappa shape index (κ2) is 6.20. The Morgan fingerprint density at radius 3 is 2.25 bits per heavy atom. The number of carbonyl (C=O) groups is 2. The number of hydrogen-bond donors (Lipinski definition) is 2. The lowest BCUT2D eigenvalue weighted by Crippen LogP contribution is -2.39. The van der Waals surface area contributed by atoms with Crippen LogP contribution in [0.15, 0.2) is 24.3 Å². The maximum absolute atomic E-state index is 12.1. The van der Waals surface area contributed by atoms with Gasteiger partial charge in [-0.2, -0.15) is 5.26 Å². The average Bonchev–Trinajstić information content (AvgIpc) is 2.29. The van der Waals surface area contributed by atoms with Crippen LogP contribution >= 0.6 is 0 Å². The first kappa shape index (κ1) is 15.7. The minimum Gasteiger partial charge on any atom is -0.481 e. The summed E-state index contributed by atoms with van der Waals surface area (Å²) in [6, 6.07) is 8.81. The highest BCUT2D eigenvalue weighted by Crippen LogP contribution is 2.27. The van der Waals surface area contributed by atoms with Crippen LogP contribution < -0.4 is 5.32 Å². The third-order valence-electron chi connectivity index (χ3n) is 2.88. The van der Waals surface area contributed by atoms with Gasteiger partial charge in [0.15, 0.2) is 0 Å². The molecule has 2 N–H and O–H groups in total. The van der Waals surface area contributed by atoms with E-state index in [9.17, 15) is 14.7 Å². The van der Waals surface area contributed by atoms with E-state index >= 15 is 0 Å². The molecule has 1 amide bonds. The summed E-state index contributed by atoms with van der Waals surface area (Å²) in [5.41, 5.74) is 0.694. The minimum absolute atomic E-state index is 0.300. The molecule has 0 aliphatic rings. The van der Waals surface area contributed by atoms with Crippen molar-refractivity contribution < 1.29 is 14.7 Å². The zero-order valence-corrected chi connectivity index (χ0v) is 11.8. The van der Waals surface area contributed by atoms with E-state index in [1.54, 1.807) is 45.0 Å². The molecule has 0 bridgehead atoms. The zero-order chi connectivity index (χ0) is 15.3. The second-order valence-corrected chi connectivity index (χ2v) is 5.66. The summed E-state index contributed by atoms with van der Waals surface area (Å²) >= 11 is 0. The molecule has 1 rings (SSSR count). The number of carbonyl (C=O) groups excluding carboxylic acids is 1. The molecular formula is C15H18N2O3. The van der Waals surface area contributed by atoms with Crippen LogP contribution in [0.5, 0.6) is 0 Å². The number of nitrogens with one attached hydrogen (secondary N) is 1. The number of benzene rings is 1. The van der Waals surface area contributed by atoms with Crippen molar-refractivity contribution in [3.8, 4) is 6.07 Å². The Bertz CT molecular complexity index is 536. The largest absolute Gasteiger partial charge is 0.481 e. The summed E-state index contributed by atoms with van der Waals surface area (Å²) in [4.78, 5) is 23.3. The van der Waals surface area contributed by atoms with E-state index in [-0.39, 0.29) is 0 Å². The molecule has 1 atom stereocenters. The molecule has 0 aliphatic carbocycles. The Balaban J connectivity index is 2.84. The number of hydrogen-bond acceptors (Lipinski definition) is 3. The Hall–Kier alpha value is -2.35. The molecule has 0 radical (unpaired) electrons. The molecule has 0 spiro atoms. The number of carboxylic acids is 1. The summed E-state index contributed by atoms with van der Waals surface area (Å²) in [7, 11) is 0. The first-order valence-corrected chi connectivity index (χ1v) is 6.25. The van der Waals surface area contributed by atoms with Crippen LogP contribution in [-0.4, -0.2) is 17.0 Å². The van der Waals surface area contributed by atoms with E-state index in [2.05, 4.69) is 5.32 Å². The third kappa shape index (κ3) is 4.09. The number of nitriles is 1. The lowest BCUT2D eigenvalue weighted by molar-refractivity contribution is -0.149. The minimum atomic E-state index is -1.14. The molecule has 5 nitrogen and oxygen atoms in total. The highest BCUT2D eigenvalue weighted by molar-refractivity contribution is 6.04. The first-order chi connectivity index (χ1) is 9.25. The van der Waals surface area contributed by atoms with E-state index in [1.165, 1.54) is 0 Å². The van der Waals surface area contributed by atoms with Gasteiger partial charge in [-0.15, -0.1) is 0 Å². The molecule has 0 aromatic heterocycles. The fraction of sp³-hybridized carbons (Fsp3) is 0.400. The van der Waals surface area contributed by atoms with Crippen LogP contribution in [0.2, 0.25) is 0 Å². The number of carboxylic acid groups (broad SMARTS) is 1. The van der Waals surface area contributed by atoms with E-state index in [1.807, 2.05) is 6.07 Å². The summed E-state index contributed by atoms with van der Waals surface area (Å²) < 4.78 is 0. The van der Waals surface area contributed by atoms with Crippen LogP contribution in [0.3, 0.4) is 0 Å². The van der Waals surface area contributed by atoms with Gasteiger partial charge in [0.1, 0.15) is 5.92 Å². The van der Waals surface area contributed by atoms with Gasteiger partial charge in [-0.25, -0.2) is 0 Å². The molecule has 20 heavy (non-hydrogen) atoms. The maximum Gasteiger partial charge on any atom is 0.316 e.